The molecule has 0 amide bonds. The first kappa shape index (κ1) is 11.5. The topological polar surface area (TPSA) is 0 Å². The maximum absolute atomic E-state index is 9.92. The van der Waals surface area contributed by atoms with Gasteiger partial charge in [-0.25, -0.2) is 0 Å². The van der Waals surface area contributed by atoms with Crippen molar-refractivity contribution in [1.82, 2.24) is 0 Å². The average molecular weight is 623 g/mol. The molecule has 0 N–H and O–H groups in total. The van der Waals surface area contributed by atoms with E-state index in [1.807, 2.05) is 0 Å². The number of benzene rings is 9. The summed E-state index contributed by atoms with van der Waals surface area (Å²) in [7, 11) is 0. The fraction of sp³-hybridized carbons (Fsp3) is 0.0638. The van der Waals surface area contributed by atoms with Crippen molar-refractivity contribution >= 4 is 43.1 Å². The molecule has 47 heavy (non-hydrogen) atoms. The van der Waals surface area contributed by atoms with Crippen LogP contribution in [0.4, 0.5) is 0 Å². The minimum Gasteiger partial charge on any atom is -0.0622 e. The quantitative estimate of drug-likeness (QED) is 0.172. The molecule has 1 aliphatic rings. The minimum absolute atomic E-state index is 0.0660. The molecular weight excluding hydrogens is 565 g/mol. The van der Waals surface area contributed by atoms with Gasteiger partial charge in [-0.1, -0.05) is 165 Å². The second-order valence-corrected chi connectivity index (χ2v) is 11.6. The van der Waals surface area contributed by atoms with Crippen molar-refractivity contribution in [3.8, 4) is 44.5 Å². The Bertz CT molecular complexity index is 4140. The predicted octanol–water partition coefficient (Wildman–Crippen LogP) is 13.0. The van der Waals surface area contributed by atoms with E-state index >= 15 is 0 Å². The third-order valence-electron chi connectivity index (χ3n) is 8.75. The Balaban J connectivity index is 1.43. The lowest BCUT2D eigenvalue weighted by Crippen LogP contribution is -2.23. The fourth-order valence-corrected chi connectivity index (χ4v) is 6.56. The van der Waals surface area contributed by atoms with Crippen LogP contribution in [0.25, 0.3) is 87.6 Å². The maximum Gasteiger partial charge on any atom is 0.0636 e. The van der Waals surface area contributed by atoms with Gasteiger partial charge in [-0.05, 0) is 105 Å². The highest BCUT2D eigenvalue weighted by atomic mass is 14.4. The van der Waals surface area contributed by atoms with Gasteiger partial charge in [0.2, 0.25) is 0 Å². The molecule has 0 spiro atoms. The Morgan fingerprint density at radius 1 is 0.362 bits per heavy atom. The van der Waals surface area contributed by atoms with E-state index in [1.165, 1.54) is 13.8 Å². The minimum atomic E-state index is -1.57. The van der Waals surface area contributed by atoms with E-state index in [9.17, 15) is 19.2 Å². The highest BCUT2D eigenvalue weighted by Gasteiger charge is 2.33. The van der Waals surface area contributed by atoms with Crippen LogP contribution in [0.3, 0.4) is 0 Å². The first-order valence-corrected chi connectivity index (χ1v) is 14.5. The molecule has 0 heteroatoms. The van der Waals surface area contributed by atoms with Gasteiger partial charge < -0.3 is 0 Å². The van der Waals surface area contributed by atoms with Crippen LogP contribution >= 0.6 is 0 Å². The largest absolute Gasteiger partial charge is 0.0636 e. The van der Waals surface area contributed by atoms with Gasteiger partial charge in [0.05, 0.1) is 35.6 Å². The van der Waals surface area contributed by atoms with E-state index in [2.05, 4.69) is 0 Å². The number of rotatable bonds is 3. The van der Waals surface area contributed by atoms with Crippen LogP contribution in [0.1, 0.15) is 60.6 Å². The molecule has 0 saturated heterocycles. The van der Waals surface area contributed by atoms with E-state index < -0.39 is 228 Å². The van der Waals surface area contributed by atoms with Gasteiger partial charge in [0.15, 0.2) is 0 Å². The normalized spacial score (nSPS) is 21.2. The van der Waals surface area contributed by atoms with Crippen LogP contribution in [0, 0.1) is 0 Å². The smallest absolute Gasteiger partial charge is 0.0622 e. The van der Waals surface area contributed by atoms with E-state index in [-0.39, 0.29) is 33.0 Å². The van der Waals surface area contributed by atoms with Gasteiger partial charge in [-0.15, -0.1) is 0 Å². The molecule has 0 radical (unpaired) electrons. The Kier molecular flexibility index (Phi) is 2.36. The summed E-state index contributed by atoms with van der Waals surface area (Å²) in [4.78, 5) is 0. The molecule has 10 rings (SSSR count). The first-order chi connectivity index (χ1) is 33.9. The summed E-state index contributed by atoms with van der Waals surface area (Å²) >= 11 is 0. The van der Waals surface area contributed by atoms with Crippen molar-refractivity contribution in [2.45, 2.75) is 19.3 Å². The summed E-state index contributed by atoms with van der Waals surface area (Å²) in [5.41, 5.74) is -6.34. The molecule has 0 nitrogen and oxygen atoms in total. The third-order valence-corrected chi connectivity index (χ3v) is 8.75. The molecule has 9 aromatic rings. The molecule has 0 heterocycles. The Morgan fingerprint density at radius 2 is 0.872 bits per heavy atom. The van der Waals surface area contributed by atoms with Crippen LogP contribution in [-0.4, -0.2) is 0 Å². The highest BCUT2D eigenvalue weighted by molar-refractivity contribution is 6.27. The molecule has 1 aliphatic carbocycles. The summed E-state index contributed by atoms with van der Waals surface area (Å²) in [5, 5.41) is -3.49. The van der Waals surface area contributed by atoms with E-state index in [1.54, 1.807) is 0 Å². The zero-order valence-corrected chi connectivity index (χ0v) is 24.5. The second-order valence-electron chi connectivity index (χ2n) is 11.6. The standard InChI is InChI=1S/C47H32/c1-47(2)42-17-7-6-14-37(42)39-16-9-15-38-36(26-27-43(47)46(38)39)33-13-8-12-32(28-33)35-23-19-31-20-24-40-34(29-10-4-3-5-11-29)22-18-30-21-25-41(35)45(31)44(30)40/h3-28H,1-2H3/i3D,4D,5D,6D,7D,8D,9D,10D,11D,12D,13D,14D,15D,16D,17D,18D,19D,20D,21D,22D,23D,24D,25D,26D,27D,28D. The number of fused-ring (bicyclic) bond motifs is 2. The zero-order valence-electron chi connectivity index (χ0n) is 50.5. The monoisotopic (exact) mass is 622 g/mol. The lowest BCUT2D eigenvalue weighted by Gasteiger charge is -2.35. The molecule has 0 fully saturated rings. The summed E-state index contributed by atoms with van der Waals surface area (Å²) < 4.78 is 236. The van der Waals surface area contributed by atoms with Crippen molar-refractivity contribution in [2.75, 3.05) is 0 Å². The Hall–Kier alpha value is -5.72. The van der Waals surface area contributed by atoms with Crippen molar-refractivity contribution in [2.24, 2.45) is 0 Å². The van der Waals surface area contributed by atoms with Crippen molar-refractivity contribution in [1.29, 1.82) is 0 Å². The predicted molar refractivity (Wildman–Crippen MR) is 202 cm³/mol. The maximum atomic E-state index is 9.92. The molecule has 0 saturated carbocycles. The van der Waals surface area contributed by atoms with Crippen LogP contribution in [-0.2, 0) is 5.41 Å². The molecule has 220 valence electrons. The number of hydrogen-bond donors (Lipinski definition) is 0. The molecule has 0 bridgehead atoms. The molecule has 0 unspecified atom stereocenters. The van der Waals surface area contributed by atoms with Gasteiger partial charge in [0.25, 0.3) is 0 Å². The van der Waals surface area contributed by atoms with Crippen LogP contribution in [0.15, 0.2) is 157 Å². The van der Waals surface area contributed by atoms with Gasteiger partial charge in [-0.2, -0.15) is 0 Å². The van der Waals surface area contributed by atoms with Crippen LogP contribution in [0.2, 0.25) is 0 Å². The van der Waals surface area contributed by atoms with Crippen molar-refractivity contribution in [3.05, 3.63) is 168 Å². The lowest BCUT2D eigenvalue weighted by molar-refractivity contribution is 0.645. The summed E-state index contributed by atoms with van der Waals surface area (Å²) in [6.45, 7) is 3.02. The van der Waals surface area contributed by atoms with Crippen molar-refractivity contribution < 1.29 is 35.6 Å². The summed E-state index contributed by atoms with van der Waals surface area (Å²) in [5.74, 6) is 0. The van der Waals surface area contributed by atoms with Gasteiger partial charge in [0, 0.05) is 5.41 Å². The summed E-state index contributed by atoms with van der Waals surface area (Å²) in [6.07, 6.45) is 0. The first-order valence-electron chi connectivity index (χ1n) is 27.5. The lowest BCUT2D eigenvalue weighted by atomic mass is 9.68. The van der Waals surface area contributed by atoms with E-state index in [0.717, 1.165) is 0 Å². The highest BCUT2D eigenvalue weighted by Crippen LogP contribution is 2.50. The zero-order chi connectivity index (χ0) is 53.9. The second kappa shape index (κ2) is 9.64. The average Bonchev–Trinajstić information content (AvgIpc) is 3.34. The molecule has 0 aromatic heterocycles. The van der Waals surface area contributed by atoms with E-state index in [0.29, 0.717) is 0 Å². The van der Waals surface area contributed by atoms with Crippen molar-refractivity contribution in [3.63, 3.8) is 0 Å². The third kappa shape index (κ3) is 3.70. The Morgan fingerprint density at radius 3 is 1.57 bits per heavy atom. The van der Waals surface area contributed by atoms with Crippen LogP contribution in [0.5, 0.6) is 0 Å². The van der Waals surface area contributed by atoms with E-state index in [4.69, 9.17) is 16.4 Å². The SMILES string of the molecule is [2H]c1c([2H])c([2H])c(-c2c([2H])c([2H])c3c([2H])c([2H])c4c(-c5c([2H])c([2H])c([2H])c(-c6c([2H])c([2H])c7c8c(c([2H])c([2H])c([2H])c68)-c6c([2H])c([2H])c([2H])c([2H])c6C7(C)C)c5[2H])c([2H])c([2H])c5c([2H])c([2H])c2c3c54)c([2H])c1[2H]. The number of hydrogen-bond acceptors (Lipinski definition) is 0. The van der Waals surface area contributed by atoms with Gasteiger partial charge in [0.1, 0.15) is 0 Å². The van der Waals surface area contributed by atoms with Gasteiger partial charge in [-0.3, -0.25) is 0 Å². The summed E-state index contributed by atoms with van der Waals surface area (Å²) in [6, 6.07) is -21.1. The molecular formula is C47H32. The fourth-order valence-electron chi connectivity index (χ4n) is 6.56. The molecule has 0 aliphatic heterocycles. The molecule has 9 aromatic carbocycles. The Labute approximate surface area is 311 Å². The van der Waals surface area contributed by atoms with Crippen LogP contribution < -0.4 is 0 Å². The van der Waals surface area contributed by atoms with Gasteiger partial charge >= 0.3 is 0 Å². The molecule has 0 atom stereocenters.